The van der Waals surface area contributed by atoms with Gasteiger partial charge in [0.25, 0.3) is 5.91 Å². The van der Waals surface area contributed by atoms with E-state index >= 15 is 0 Å². The Balaban J connectivity index is 1.77. The smallest absolute Gasteiger partial charge is 0.410 e. The maximum Gasteiger partial charge on any atom is 0.410 e. The molecule has 2 amide bonds. The number of ether oxygens (including phenoxy) is 1. The van der Waals surface area contributed by atoms with Crippen LogP contribution in [-0.4, -0.2) is 45.4 Å². The Morgan fingerprint density at radius 2 is 2.03 bits per heavy atom. The van der Waals surface area contributed by atoms with Crippen molar-refractivity contribution in [2.45, 2.75) is 65.5 Å². The van der Waals surface area contributed by atoms with Crippen LogP contribution in [0.3, 0.4) is 0 Å². The summed E-state index contributed by atoms with van der Waals surface area (Å²) in [6.07, 6.45) is 0.266. The van der Waals surface area contributed by atoms with Crippen molar-refractivity contribution in [1.29, 1.82) is 0 Å². The van der Waals surface area contributed by atoms with E-state index in [2.05, 4.69) is 44.3 Å². The lowest BCUT2D eigenvalue weighted by Crippen LogP contribution is -2.49. The number of benzene rings is 1. The molecule has 0 fully saturated rings. The number of hydrogen-bond donors (Lipinski definition) is 1. The van der Waals surface area contributed by atoms with E-state index in [4.69, 9.17) is 9.84 Å². The molecule has 4 rings (SSSR count). The highest BCUT2D eigenvalue weighted by molar-refractivity contribution is 5.96. The number of carbonyl (C=O) groups excluding carboxylic acids is 2. The van der Waals surface area contributed by atoms with E-state index in [9.17, 15) is 9.59 Å². The molecule has 0 spiro atoms. The van der Waals surface area contributed by atoms with Crippen molar-refractivity contribution in [3.8, 4) is 5.69 Å². The number of rotatable bonds is 2. The van der Waals surface area contributed by atoms with Crippen molar-refractivity contribution >= 4 is 12.0 Å². The second-order valence-electron chi connectivity index (χ2n) is 9.47. The molecule has 1 N–H and O–H groups in total. The molecular formula is C23H30N4O3. The fourth-order valence-electron chi connectivity index (χ4n) is 4.26. The zero-order valence-corrected chi connectivity index (χ0v) is 18.6. The molecule has 0 saturated carbocycles. The molecule has 2 aliphatic rings. The third-order valence-electron chi connectivity index (χ3n) is 5.74. The van der Waals surface area contributed by atoms with Gasteiger partial charge in [-0.2, -0.15) is 5.10 Å². The fraction of sp³-hybridized carbons (Fsp3) is 0.522. The van der Waals surface area contributed by atoms with Crippen LogP contribution in [0.25, 0.3) is 5.69 Å². The molecule has 30 heavy (non-hydrogen) atoms. The van der Waals surface area contributed by atoms with E-state index in [1.165, 1.54) is 5.56 Å². The van der Waals surface area contributed by atoms with E-state index < -0.39 is 5.60 Å². The number of nitrogens with zero attached hydrogens (tertiary/aromatic N) is 3. The van der Waals surface area contributed by atoms with Gasteiger partial charge in [-0.3, -0.25) is 9.69 Å². The minimum absolute atomic E-state index is 0.191. The standard InChI is InChI=1S/C23H30N4O3/c1-13(2)15-7-8-16(14(3)11-15)27-17-9-10-26(22(29)30-23(4,5)6)18-12-24-21(28)20(25-27)19(17)18/h7-8,11,13,18H,9-10,12H2,1-6H3,(H,24,28). The summed E-state index contributed by atoms with van der Waals surface area (Å²) in [6.45, 7) is 12.9. The van der Waals surface area contributed by atoms with Gasteiger partial charge < -0.3 is 10.1 Å². The molecule has 0 bridgehead atoms. The molecule has 7 nitrogen and oxygen atoms in total. The Morgan fingerprint density at radius 1 is 1.30 bits per heavy atom. The lowest BCUT2D eigenvalue weighted by Gasteiger charge is -2.38. The summed E-state index contributed by atoms with van der Waals surface area (Å²) in [5.74, 6) is 0.253. The predicted octanol–water partition coefficient (Wildman–Crippen LogP) is 3.88. The van der Waals surface area contributed by atoms with Crippen molar-refractivity contribution in [3.05, 3.63) is 46.3 Å². The summed E-state index contributed by atoms with van der Waals surface area (Å²) in [6, 6.07) is 6.11. The zero-order chi connectivity index (χ0) is 21.8. The molecule has 160 valence electrons. The van der Waals surface area contributed by atoms with E-state index in [1.807, 2.05) is 25.5 Å². The van der Waals surface area contributed by atoms with Gasteiger partial charge in [0.2, 0.25) is 0 Å². The molecule has 2 aliphatic heterocycles. The second-order valence-corrected chi connectivity index (χ2v) is 9.47. The molecular weight excluding hydrogens is 380 g/mol. The van der Waals surface area contributed by atoms with Gasteiger partial charge in [-0.15, -0.1) is 0 Å². The Morgan fingerprint density at radius 3 is 2.67 bits per heavy atom. The molecule has 0 radical (unpaired) electrons. The summed E-state index contributed by atoms with van der Waals surface area (Å²) in [5, 5.41) is 7.58. The number of nitrogens with one attached hydrogen (secondary N) is 1. The van der Waals surface area contributed by atoms with Crippen molar-refractivity contribution in [2.75, 3.05) is 13.1 Å². The molecule has 0 saturated heterocycles. The zero-order valence-electron chi connectivity index (χ0n) is 18.6. The van der Waals surface area contributed by atoms with E-state index in [0.717, 1.165) is 22.5 Å². The largest absolute Gasteiger partial charge is 0.444 e. The van der Waals surface area contributed by atoms with Crippen molar-refractivity contribution in [2.24, 2.45) is 0 Å². The molecule has 1 unspecified atom stereocenters. The highest BCUT2D eigenvalue weighted by Crippen LogP contribution is 2.37. The lowest BCUT2D eigenvalue weighted by molar-refractivity contribution is 0.0132. The van der Waals surface area contributed by atoms with Crippen LogP contribution in [-0.2, 0) is 11.2 Å². The Hall–Kier alpha value is -2.83. The molecule has 7 heteroatoms. The normalized spacial score (nSPS) is 18.3. The summed E-state index contributed by atoms with van der Waals surface area (Å²) in [5.41, 5.74) is 5.05. The molecule has 0 aliphatic carbocycles. The first-order chi connectivity index (χ1) is 14.1. The van der Waals surface area contributed by atoms with Gasteiger partial charge >= 0.3 is 6.09 Å². The van der Waals surface area contributed by atoms with Crippen LogP contribution in [0.2, 0.25) is 0 Å². The average Bonchev–Trinajstić information content (AvgIpc) is 3.04. The number of amides is 2. The molecule has 1 atom stereocenters. The van der Waals surface area contributed by atoms with Crippen LogP contribution < -0.4 is 5.32 Å². The maximum absolute atomic E-state index is 12.8. The molecule has 2 aromatic rings. The van der Waals surface area contributed by atoms with E-state index in [0.29, 0.717) is 31.1 Å². The SMILES string of the molecule is Cc1cc(C(C)C)ccc1-n1nc2c3c1CCN(C(=O)OC(C)(C)C)C3CNC2=O. The molecule has 1 aromatic heterocycles. The highest BCUT2D eigenvalue weighted by Gasteiger charge is 2.42. The average molecular weight is 411 g/mol. The van der Waals surface area contributed by atoms with Gasteiger partial charge in [0.15, 0.2) is 5.69 Å². The Labute approximate surface area is 177 Å². The van der Waals surface area contributed by atoms with Crippen molar-refractivity contribution < 1.29 is 14.3 Å². The van der Waals surface area contributed by atoms with Gasteiger partial charge in [0.05, 0.1) is 17.4 Å². The first-order valence-electron chi connectivity index (χ1n) is 10.6. The summed E-state index contributed by atoms with van der Waals surface area (Å²) in [7, 11) is 0. The minimum Gasteiger partial charge on any atom is -0.444 e. The molecule has 3 heterocycles. The predicted molar refractivity (Wildman–Crippen MR) is 114 cm³/mol. The van der Waals surface area contributed by atoms with Gasteiger partial charge in [0, 0.05) is 25.1 Å². The van der Waals surface area contributed by atoms with Crippen molar-refractivity contribution in [3.63, 3.8) is 0 Å². The third-order valence-corrected chi connectivity index (χ3v) is 5.74. The minimum atomic E-state index is -0.572. The number of aryl methyl sites for hydroxylation is 1. The van der Waals surface area contributed by atoms with Crippen LogP contribution >= 0.6 is 0 Å². The third kappa shape index (κ3) is 3.46. The fourth-order valence-corrected chi connectivity index (χ4v) is 4.26. The van der Waals surface area contributed by atoms with E-state index in [-0.39, 0.29) is 18.0 Å². The maximum atomic E-state index is 12.8. The van der Waals surface area contributed by atoms with Gasteiger partial charge in [0.1, 0.15) is 5.60 Å². The van der Waals surface area contributed by atoms with Gasteiger partial charge in [-0.1, -0.05) is 26.0 Å². The van der Waals surface area contributed by atoms with E-state index in [1.54, 1.807) is 4.90 Å². The quantitative estimate of drug-likeness (QED) is 0.815. The molecule has 1 aromatic carbocycles. The Kier molecular flexibility index (Phi) is 4.87. The summed E-state index contributed by atoms with van der Waals surface area (Å²) < 4.78 is 7.51. The number of aromatic nitrogens is 2. The van der Waals surface area contributed by atoms with Gasteiger partial charge in [-0.05, 0) is 50.8 Å². The van der Waals surface area contributed by atoms with Crippen LogP contribution in [0.4, 0.5) is 4.79 Å². The van der Waals surface area contributed by atoms with Crippen LogP contribution in [0, 0.1) is 6.92 Å². The monoisotopic (exact) mass is 410 g/mol. The van der Waals surface area contributed by atoms with Crippen LogP contribution in [0.5, 0.6) is 0 Å². The summed E-state index contributed by atoms with van der Waals surface area (Å²) >= 11 is 0. The van der Waals surface area contributed by atoms with Gasteiger partial charge in [-0.25, -0.2) is 9.48 Å². The Bertz CT molecular complexity index is 1020. The first-order valence-corrected chi connectivity index (χ1v) is 10.6. The first kappa shape index (κ1) is 20.4. The van der Waals surface area contributed by atoms with Crippen LogP contribution in [0.15, 0.2) is 18.2 Å². The topological polar surface area (TPSA) is 76.5 Å². The number of carbonyl (C=O) groups is 2. The summed E-state index contributed by atoms with van der Waals surface area (Å²) in [4.78, 5) is 27.1. The highest BCUT2D eigenvalue weighted by atomic mass is 16.6. The lowest BCUT2D eigenvalue weighted by atomic mass is 9.93. The second kappa shape index (κ2) is 7.15. The van der Waals surface area contributed by atoms with Crippen molar-refractivity contribution in [1.82, 2.24) is 20.0 Å². The van der Waals surface area contributed by atoms with Crippen LogP contribution in [0.1, 0.15) is 79.5 Å². The number of hydrogen-bond acceptors (Lipinski definition) is 4.